The van der Waals surface area contributed by atoms with E-state index in [2.05, 4.69) is 40.5 Å². The second kappa shape index (κ2) is 18.7. The van der Waals surface area contributed by atoms with E-state index in [-0.39, 0.29) is 23.3 Å². The van der Waals surface area contributed by atoms with Crippen molar-refractivity contribution in [2.24, 2.45) is 0 Å². The Bertz CT molecular complexity index is 1730. The predicted molar refractivity (Wildman–Crippen MR) is 206 cm³/mol. The third-order valence-electron chi connectivity index (χ3n) is 9.96. The van der Waals surface area contributed by atoms with E-state index in [9.17, 15) is 13.2 Å². The third kappa shape index (κ3) is 11.0. The number of piperidine rings is 1. The molecule has 53 heavy (non-hydrogen) atoms. The maximum atomic E-state index is 14.5. The first kappa shape index (κ1) is 40.7. The van der Waals surface area contributed by atoms with Crippen LogP contribution in [0.5, 0.6) is 5.75 Å². The quantitative estimate of drug-likeness (QED) is 0.160. The molecule has 3 aromatic rings. The number of nitrogens with one attached hydrogen (secondary N) is 1. The number of benzene rings is 3. The Balaban J connectivity index is 1.47. The van der Waals surface area contributed by atoms with Gasteiger partial charge in [-0.25, -0.2) is 8.42 Å². The Morgan fingerprint density at radius 2 is 1.66 bits per heavy atom. The molecule has 2 aliphatic rings. The fourth-order valence-corrected chi connectivity index (χ4v) is 9.06. The van der Waals surface area contributed by atoms with Gasteiger partial charge in [0.15, 0.2) is 0 Å². The number of hydrogen-bond donors (Lipinski definition) is 1. The summed E-state index contributed by atoms with van der Waals surface area (Å²) in [6, 6.07) is 21.0. The smallest absolute Gasteiger partial charge is 0.243 e. The van der Waals surface area contributed by atoms with Crippen LogP contribution in [0.15, 0.2) is 71.6 Å². The summed E-state index contributed by atoms with van der Waals surface area (Å²) < 4.78 is 59.6. The van der Waals surface area contributed by atoms with Gasteiger partial charge in [-0.2, -0.15) is 4.31 Å². The lowest BCUT2D eigenvalue weighted by Crippen LogP contribution is -2.56. The van der Waals surface area contributed by atoms with Crippen molar-refractivity contribution >= 4 is 21.6 Å². The molecular formula is C41H57N3O8S. The Morgan fingerprint density at radius 3 is 2.36 bits per heavy atom. The molecule has 11 nitrogen and oxygen atoms in total. The number of ether oxygens (including phenoxy) is 5. The van der Waals surface area contributed by atoms with Crippen molar-refractivity contribution in [1.29, 1.82) is 0 Å². The van der Waals surface area contributed by atoms with E-state index < -0.39 is 27.7 Å². The SMILES string of the molecule is COCCCN1CCOc2ccc(CO[C@H]3CN(S(=O)(=O)c4ccc(C)cc4)[C@@H](CC(C)(C)NC(C)=O)C[C@@H]3c3ccc(COCCOC)cc3)cc21. The summed E-state index contributed by atoms with van der Waals surface area (Å²) in [6.07, 6.45) is 1.39. The molecule has 1 fully saturated rings. The van der Waals surface area contributed by atoms with Gasteiger partial charge in [0.1, 0.15) is 12.4 Å². The standard InChI is InChI=1S/C41H57N3O8S/c1-30-8-15-36(16-9-30)53(46,47)44-27-40(52-29-33-12-17-39-38(24-33)43(19-21-51-39)18-7-20-48-5)37(25-35(44)26-41(3,4)42-31(2)45)34-13-10-32(11-14-34)28-50-23-22-49-6/h8-17,24,35,37,40H,7,18-23,25-29H2,1-6H3,(H,42,45)/t35-,37-,40+/m1/s1. The zero-order chi connectivity index (χ0) is 38.0. The van der Waals surface area contributed by atoms with Gasteiger partial charge in [0.05, 0.1) is 49.7 Å². The Hall–Kier alpha value is -3.52. The molecule has 0 aromatic heterocycles. The topological polar surface area (TPSA) is 116 Å². The molecule has 3 atom stereocenters. The van der Waals surface area contributed by atoms with Crippen molar-refractivity contribution in [1.82, 2.24) is 9.62 Å². The lowest BCUT2D eigenvalue weighted by atomic mass is 9.80. The van der Waals surface area contributed by atoms with Crippen LogP contribution in [0.3, 0.4) is 0 Å². The van der Waals surface area contributed by atoms with Crippen molar-refractivity contribution < 1.29 is 36.9 Å². The van der Waals surface area contributed by atoms with Crippen LogP contribution in [0.1, 0.15) is 68.2 Å². The summed E-state index contributed by atoms with van der Waals surface area (Å²) in [4.78, 5) is 14.8. The first-order valence-corrected chi connectivity index (χ1v) is 20.0. The van der Waals surface area contributed by atoms with E-state index in [0.29, 0.717) is 52.5 Å². The summed E-state index contributed by atoms with van der Waals surface area (Å²) in [5.74, 6) is 0.569. The summed E-state index contributed by atoms with van der Waals surface area (Å²) in [5.41, 5.74) is 4.44. The Labute approximate surface area is 315 Å². The molecule has 1 saturated heterocycles. The van der Waals surface area contributed by atoms with Crippen LogP contribution in [0.25, 0.3) is 0 Å². The van der Waals surface area contributed by atoms with Gasteiger partial charge in [0, 0.05) is 58.3 Å². The van der Waals surface area contributed by atoms with Crippen molar-refractivity contribution in [3.63, 3.8) is 0 Å². The van der Waals surface area contributed by atoms with Crippen molar-refractivity contribution in [2.45, 2.75) is 88.7 Å². The number of hydrogen-bond acceptors (Lipinski definition) is 9. The predicted octanol–water partition coefficient (Wildman–Crippen LogP) is 5.83. The van der Waals surface area contributed by atoms with Crippen LogP contribution in [-0.2, 0) is 47.0 Å². The molecule has 0 aliphatic carbocycles. The molecule has 3 aromatic carbocycles. The summed E-state index contributed by atoms with van der Waals surface area (Å²) >= 11 is 0. The van der Waals surface area contributed by atoms with Crippen molar-refractivity contribution in [3.8, 4) is 5.75 Å². The normalized spacial score (nSPS) is 19.4. The minimum Gasteiger partial charge on any atom is -0.490 e. The van der Waals surface area contributed by atoms with E-state index in [0.717, 1.165) is 53.2 Å². The molecule has 0 spiro atoms. The number of sulfonamides is 1. The van der Waals surface area contributed by atoms with Gasteiger partial charge >= 0.3 is 0 Å². The van der Waals surface area contributed by atoms with Crippen LogP contribution in [0.4, 0.5) is 5.69 Å². The first-order chi connectivity index (χ1) is 25.4. The van der Waals surface area contributed by atoms with Crippen molar-refractivity contribution in [2.75, 3.05) is 65.2 Å². The van der Waals surface area contributed by atoms with Gasteiger partial charge in [-0.3, -0.25) is 4.79 Å². The average molecular weight is 752 g/mol. The fourth-order valence-electron chi connectivity index (χ4n) is 7.41. The molecule has 0 unspecified atom stereocenters. The molecule has 12 heteroatoms. The van der Waals surface area contributed by atoms with Gasteiger partial charge in [-0.15, -0.1) is 0 Å². The number of anilines is 1. The number of methoxy groups -OCH3 is 2. The maximum absolute atomic E-state index is 14.5. The van der Waals surface area contributed by atoms with Crippen LogP contribution in [-0.4, -0.2) is 96.6 Å². The van der Waals surface area contributed by atoms with Gasteiger partial charge < -0.3 is 33.9 Å². The number of carbonyl (C=O) groups excluding carboxylic acids is 1. The van der Waals surface area contributed by atoms with Gasteiger partial charge in [-0.1, -0.05) is 48.0 Å². The highest BCUT2D eigenvalue weighted by Gasteiger charge is 2.44. The number of rotatable bonds is 18. The lowest BCUT2D eigenvalue weighted by Gasteiger charge is -2.45. The zero-order valence-electron chi connectivity index (χ0n) is 32.1. The molecule has 2 heterocycles. The van der Waals surface area contributed by atoms with Crippen LogP contribution in [0.2, 0.25) is 0 Å². The van der Waals surface area contributed by atoms with Crippen LogP contribution < -0.4 is 15.0 Å². The second-order valence-corrected chi connectivity index (χ2v) is 16.7. The van der Waals surface area contributed by atoms with Gasteiger partial charge in [-0.05, 0) is 81.0 Å². The van der Waals surface area contributed by atoms with Crippen LogP contribution >= 0.6 is 0 Å². The first-order valence-electron chi connectivity index (χ1n) is 18.5. The second-order valence-electron chi connectivity index (χ2n) is 14.8. The lowest BCUT2D eigenvalue weighted by molar-refractivity contribution is -0.120. The molecular weight excluding hydrogens is 695 g/mol. The van der Waals surface area contributed by atoms with E-state index in [4.69, 9.17) is 23.7 Å². The van der Waals surface area contributed by atoms with Crippen LogP contribution in [0, 0.1) is 6.92 Å². The number of amides is 1. The Morgan fingerprint density at radius 1 is 0.943 bits per heavy atom. The molecule has 5 rings (SSSR count). The summed E-state index contributed by atoms with van der Waals surface area (Å²) in [7, 11) is -0.556. The minimum absolute atomic E-state index is 0.118. The highest BCUT2D eigenvalue weighted by atomic mass is 32.2. The summed E-state index contributed by atoms with van der Waals surface area (Å²) in [6.45, 7) is 12.2. The number of aryl methyl sites for hydroxylation is 1. The highest BCUT2D eigenvalue weighted by molar-refractivity contribution is 7.89. The largest absolute Gasteiger partial charge is 0.490 e. The van der Waals surface area contributed by atoms with Gasteiger partial charge in [0.25, 0.3) is 0 Å². The fraction of sp³-hybridized carbons (Fsp3) is 0.537. The minimum atomic E-state index is -3.92. The monoisotopic (exact) mass is 751 g/mol. The molecule has 1 N–H and O–H groups in total. The number of nitrogens with zero attached hydrogens (tertiary/aromatic N) is 2. The third-order valence-corrected chi connectivity index (χ3v) is 11.9. The van der Waals surface area contributed by atoms with E-state index in [1.54, 1.807) is 30.7 Å². The zero-order valence-corrected chi connectivity index (χ0v) is 33.0. The molecule has 2 aliphatic heterocycles. The van der Waals surface area contributed by atoms with E-state index >= 15 is 0 Å². The molecule has 290 valence electrons. The number of fused-ring (bicyclic) bond motifs is 1. The number of carbonyl (C=O) groups is 1. The highest BCUT2D eigenvalue weighted by Crippen LogP contribution is 2.40. The molecule has 0 bridgehead atoms. The molecule has 1 amide bonds. The average Bonchev–Trinajstić information content (AvgIpc) is 3.12. The Kier molecular flexibility index (Phi) is 14.3. The van der Waals surface area contributed by atoms with E-state index in [1.807, 2.05) is 45.0 Å². The van der Waals surface area contributed by atoms with Gasteiger partial charge in [0.2, 0.25) is 15.9 Å². The maximum Gasteiger partial charge on any atom is 0.243 e. The summed E-state index contributed by atoms with van der Waals surface area (Å²) in [5, 5.41) is 3.04. The molecule has 0 saturated carbocycles. The van der Waals surface area contributed by atoms with Crippen molar-refractivity contribution in [3.05, 3.63) is 89.0 Å². The molecule has 0 radical (unpaired) electrons. The van der Waals surface area contributed by atoms with E-state index in [1.165, 1.54) is 6.92 Å².